The van der Waals surface area contributed by atoms with Crippen LogP contribution in [0.3, 0.4) is 0 Å². The van der Waals surface area contributed by atoms with E-state index < -0.39 is 9.84 Å². The van der Waals surface area contributed by atoms with Crippen LogP contribution in [0.5, 0.6) is 0 Å². The van der Waals surface area contributed by atoms with E-state index in [2.05, 4.69) is 66.5 Å². The topological polar surface area (TPSA) is 56.4 Å². The van der Waals surface area contributed by atoms with E-state index in [1.165, 1.54) is 11.6 Å². The molecule has 5 nitrogen and oxygen atoms in total. The Hall–Kier alpha value is -2.41. The first-order chi connectivity index (χ1) is 15.3. The van der Waals surface area contributed by atoms with Crippen LogP contribution in [0.25, 0.3) is 10.9 Å². The van der Waals surface area contributed by atoms with Crippen molar-refractivity contribution in [2.75, 3.05) is 39.0 Å². The summed E-state index contributed by atoms with van der Waals surface area (Å²) in [6.45, 7) is 12.8. The van der Waals surface area contributed by atoms with Crippen molar-refractivity contribution in [1.29, 1.82) is 0 Å². The second kappa shape index (κ2) is 10.9. The van der Waals surface area contributed by atoms with Gasteiger partial charge in [0.15, 0.2) is 9.84 Å². The second-order valence-corrected chi connectivity index (χ2v) is 10.7. The Morgan fingerprint density at radius 2 is 1.72 bits per heavy atom. The van der Waals surface area contributed by atoms with Crippen molar-refractivity contribution in [3.63, 3.8) is 0 Å². The number of nitrogens with zero attached hydrogens (tertiary/aromatic N) is 2. The van der Waals surface area contributed by atoms with Crippen LogP contribution >= 0.6 is 0 Å². The number of H-pyrrole nitrogens is 1. The lowest BCUT2D eigenvalue weighted by Gasteiger charge is -2.32. The van der Waals surface area contributed by atoms with Gasteiger partial charge in [-0.15, -0.1) is 6.58 Å². The van der Waals surface area contributed by atoms with Crippen LogP contribution in [-0.4, -0.2) is 62.2 Å². The second-order valence-electron chi connectivity index (χ2n) is 8.71. The van der Waals surface area contributed by atoms with Crippen molar-refractivity contribution >= 4 is 20.7 Å². The van der Waals surface area contributed by atoms with E-state index >= 15 is 0 Å². The van der Waals surface area contributed by atoms with Gasteiger partial charge in [0.1, 0.15) is 0 Å². The van der Waals surface area contributed by atoms with Crippen molar-refractivity contribution in [2.24, 2.45) is 0 Å². The number of likely N-dealkylation sites (N-methyl/N-ethyl adjacent to an activating group) is 1. The predicted octanol–water partition coefficient (Wildman–Crippen LogP) is 4.69. The molecule has 1 aliphatic heterocycles. The molecular weight excluding hydrogens is 418 g/mol. The van der Waals surface area contributed by atoms with Gasteiger partial charge in [0.25, 0.3) is 0 Å². The quantitative estimate of drug-likeness (QED) is 0.551. The first kappa shape index (κ1) is 24.2. The molecule has 0 unspecified atom stereocenters. The molecule has 0 saturated carbocycles. The zero-order valence-electron chi connectivity index (χ0n) is 19.4. The number of aromatic amines is 1. The molecule has 1 aliphatic rings. The molecule has 0 spiro atoms. The van der Waals surface area contributed by atoms with E-state index in [4.69, 9.17) is 0 Å². The van der Waals surface area contributed by atoms with Gasteiger partial charge in [-0.1, -0.05) is 56.3 Å². The fraction of sp³-hybridized carbons (Fsp3) is 0.385. The molecule has 1 saturated heterocycles. The maximum atomic E-state index is 12.5. The lowest BCUT2D eigenvalue weighted by atomic mass is 10.0. The predicted molar refractivity (Wildman–Crippen MR) is 134 cm³/mol. The van der Waals surface area contributed by atoms with E-state index in [1.807, 2.05) is 18.3 Å². The van der Waals surface area contributed by atoms with Crippen molar-refractivity contribution in [3.8, 4) is 0 Å². The Balaban J connectivity index is 0.000000269. The van der Waals surface area contributed by atoms with Gasteiger partial charge in [-0.05, 0) is 36.2 Å². The molecule has 172 valence electrons. The van der Waals surface area contributed by atoms with Gasteiger partial charge in [-0.2, -0.15) is 0 Å². The minimum atomic E-state index is -3.34. The molecule has 0 bridgehead atoms. The minimum absolute atomic E-state index is 0.0365. The number of sulfone groups is 1. The van der Waals surface area contributed by atoms with Crippen molar-refractivity contribution < 1.29 is 8.42 Å². The highest BCUT2D eigenvalue weighted by Crippen LogP contribution is 2.28. The summed E-state index contributed by atoms with van der Waals surface area (Å²) in [7, 11) is -1.22. The largest absolute Gasteiger partial charge is 0.361 e. The molecule has 3 aromatic rings. The zero-order chi connectivity index (χ0) is 23.1. The molecule has 0 amide bonds. The van der Waals surface area contributed by atoms with Crippen molar-refractivity contribution in [2.45, 2.75) is 31.2 Å². The number of benzene rings is 2. The van der Waals surface area contributed by atoms with Gasteiger partial charge < -0.3 is 9.88 Å². The standard InChI is InChI=1S/C17H23N3O2S.C9H12/c1-3-11-23(21,22)16-6-4-5-15-17(16)14(12-18-15)13-20-9-7-19(2)8-10-20;1-8(2)9-6-4-3-5-7-9/h3-6,12,18H,1,7-11,13H2,2H3;3-8H,1-2H3. The van der Waals surface area contributed by atoms with Gasteiger partial charge in [0.05, 0.1) is 10.6 Å². The Bertz CT molecular complexity index is 1110. The summed E-state index contributed by atoms with van der Waals surface area (Å²) in [4.78, 5) is 8.30. The SMILES string of the molecule is C=CCS(=O)(=O)c1cccc2[nH]cc(CN3CCN(C)CC3)c12.CC(C)c1ccccc1. The molecule has 2 heterocycles. The molecule has 1 N–H and O–H groups in total. The third-order valence-corrected chi connectivity index (χ3v) is 7.56. The molecule has 6 heteroatoms. The fourth-order valence-corrected chi connectivity index (χ4v) is 5.26. The number of nitrogens with one attached hydrogen (secondary N) is 1. The third kappa shape index (κ3) is 6.09. The van der Waals surface area contributed by atoms with Crippen LogP contribution in [-0.2, 0) is 16.4 Å². The number of piperazine rings is 1. The van der Waals surface area contributed by atoms with Gasteiger partial charge in [0.2, 0.25) is 0 Å². The van der Waals surface area contributed by atoms with Crippen molar-refractivity contribution in [3.05, 3.63) is 78.5 Å². The maximum Gasteiger partial charge on any atom is 0.182 e. The number of rotatable bonds is 6. The Labute approximate surface area is 192 Å². The number of aromatic nitrogens is 1. The van der Waals surface area contributed by atoms with Gasteiger partial charge in [-0.25, -0.2) is 8.42 Å². The maximum absolute atomic E-state index is 12.5. The average Bonchev–Trinajstić information content (AvgIpc) is 3.19. The molecule has 0 radical (unpaired) electrons. The highest BCUT2D eigenvalue weighted by molar-refractivity contribution is 7.91. The Kier molecular flexibility index (Phi) is 8.29. The number of hydrogen-bond donors (Lipinski definition) is 1. The van der Waals surface area contributed by atoms with Gasteiger partial charge in [-0.3, -0.25) is 4.90 Å². The van der Waals surface area contributed by atoms with Gasteiger partial charge in [0, 0.05) is 49.8 Å². The first-order valence-corrected chi connectivity index (χ1v) is 12.9. The molecule has 2 aromatic carbocycles. The average molecular weight is 454 g/mol. The molecule has 4 rings (SSSR count). The normalized spacial score (nSPS) is 15.5. The smallest absolute Gasteiger partial charge is 0.182 e. The van der Waals surface area contributed by atoms with Gasteiger partial charge >= 0.3 is 0 Å². The highest BCUT2D eigenvalue weighted by Gasteiger charge is 2.21. The summed E-state index contributed by atoms with van der Waals surface area (Å²) < 4.78 is 25.1. The number of hydrogen-bond acceptors (Lipinski definition) is 4. The van der Waals surface area contributed by atoms with E-state index in [0.717, 1.165) is 49.2 Å². The monoisotopic (exact) mass is 453 g/mol. The summed E-state index contributed by atoms with van der Waals surface area (Å²) in [6.07, 6.45) is 3.39. The summed E-state index contributed by atoms with van der Waals surface area (Å²) in [5.74, 6) is 0.622. The zero-order valence-corrected chi connectivity index (χ0v) is 20.2. The Morgan fingerprint density at radius 1 is 1.03 bits per heavy atom. The van der Waals surface area contributed by atoms with E-state index in [-0.39, 0.29) is 5.75 Å². The lowest BCUT2D eigenvalue weighted by molar-refractivity contribution is 0.148. The Morgan fingerprint density at radius 3 is 2.31 bits per heavy atom. The first-order valence-electron chi connectivity index (χ1n) is 11.2. The summed E-state index contributed by atoms with van der Waals surface area (Å²) >= 11 is 0. The van der Waals surface area contributed by atoms with Crippen LogP contribution in [0, 0.1) is 0 Å². The molecule has 1 fully saturated rings. The molecule has 1 aromatic heterocycles. The lowest BCUT2D eigenvalue weighted by Crippen LogP contribution is -2.43. The minimum Gasteiger partial charge on any atom is -0.361 e. The summed E-state index contributed by atoms with van der Waals surface area (Å²) in [5.41, 5.74) is 3.34. The molecular formula is C26H35N3O2S. The van der Waals surface area contributed by atoms with Crippen LogP contribution in [0.4, 0.5) is 0 Å². The van der Waals surface area contributed by atoms with Crippen LogP contribution in [0.1, 0.15) is 30.9 Å². The number of fused-ring (bicyclic) bond motifs is 1. The molecule has 0 atom stereocenters. The van der Waals surface area contributed by atoms with E-state index in [1.54, 1.807) is 12.1 Å². The highest BCUT2D eigenvalue weighted by atomic mass is 32.2. The van der Waals surface area contributed by atoms with Crippen molar-refractivity contribution in [1.82, 2.24) is 14.8 Å². The molecule has 0 aliphatic carbocycles. The van der Waals surface area contributed by atoms with E-state index in [0.29, 0.717) is 10.8 Å². The summed E-state index contributed by atoms with van der Waals surface area (Å²) in [6, 6.07) is 15.9. The van der Waals surface area contributed by atoms with Crippen LogP contribution < -0.4 is 0 Å². The third-order valence-electron chi connectivity index (χ3n) is 5.88. The summed E-state index contributed by atoms with van der Waals surface area (Å²) in [5, 5.41) is 0.827. The van der Waals surface area contributed by atoms with E-state index in [9.17, 15) is 8.42 Å². The molecule has 32 heavy (non-hydrogen) atoms. The fourth-order valence-electron chi connectivity index (χ4n) is 3.93. The van der Waals surface area contributed by atoms with Crippen LogP contribution in [0.2, 0.25) is 0 Å². The van der Waals surface area contributed by atoms with Crippen LogP contribution in [0.15, 0.2) is 72.3 Å².